The summed E-state index contributed by atoms with van der Waals surface area (Å²) in [5.41, 5.74) is 2.38. The highest BCUT2D eigenvalue weighted by Crippen LogP contribution is 2.36. The second kappa shape index (κ2) is 8.22. The van der Waals surface area contributed by atoms with Gasteiger partial charge in [-0.15, -0.1) is 0 Å². The summed E-state index contributed by atoms with van der Waals surface area (Å²) in [4.78, 5) is 12.3. The van der Waals surface area contributed by atoms with Crippen molar-refractivity contribution in [3.8, 4) is 0 Å². The Hall–Kier alpha value is -1.25. The zero-order chi connectivity index (χ0) is 17.9. The average molecular weight is 335 g/mol. The molecule has 0 spiro atoms. The molecule has 0 amide bonds. The fourth-order valence-electron chi connectivity index (χ4n) is 4.06. The van der Waals surface area contributed by atoms with Crippen molar-refractivity contribution in [3.63, 3.8) is 0 Å². The molecular formula is C21H34O3. The van der Waals surface area contributed by atoms with Crippen molar-refractivity contribution in [1.82, 2.24) is 0 Å². The van der Waals surface area contributed by atoms with Gasteiger partial charge in [0, 0.05) is 0 Å². The van der Waals surface area contributed by atoms with Crippen molar-refractivity contribution in [2.75, 3.05) is 0 Å². The monoisotopic (exact) mass is 334 g/mol. The van der Waals surface area contributed by atoms with Crippen LogP contribution in [0.2, 0.25) is 0 Å². The SMILES string of the molecule is C=C(C)[C@@H]1CCC(C)C(OC(=O)OC2C[C@H](C(=C)C)CCC2C)C1. The molecule has 0 N–H and O–H groups in total. The molecule has 0 heterocycles. The Labute approximate surface area is 147 Å². The van der Waals surface area contributed by atoms with Crippen molar-refractivity contribution in [3.05, 3.63) is 24.3 Å². The van der Waals surface area contributed by atoms with Gasteiger partial charge in [-0.1, -0.05) is 38.2 Å². The molecule has 0 bridgehead atoms. The van der Waals surface area contributed by atoms with Crippen molar-refractivity contribution >= 4 is 6.16 Å². The molecule has 3 nitrogen and oxygen atoms in total. The Kier molecular flexibility index (Phi) is 6.54. The van der Waals surface area contributed by atoms with Crippen molar-refractivity contribution in [1.29, 1.82) is 0 Å². The standard InChI is InChI=1S/C21H34O3/c1-13(2)17-9-7-15(5)19(11-17)23-21(22)24-20-12-18(14(3)4)10-8-16(20)6/h15-20H,1,3,7-12H2,2,4-6H3/t15?,16?,17-,18-,19?,20?/m1/s1. The van der Waals surface area contributed by atoms with Crippen LogP contribution in [0.25, 0.3) is 0 Å². The number of hydrogen-bond acceptors (Lipinski definition) is 3. The lowest BCUT2D eigenvalue weighted by molar-refractivity contribution is -0.0525. The average Bonchev–Trinajstić information content (AvgIpc) is 2.51. The number of carbonyl (C=O) groups excluding carboxylic acids is 1. The van der Waals surface area contributed by atoms with Gasteiger partial charge in [0.2, 0.25) is 0 Å². The molecule has 2 rings (SSSR count). The Balaban J connectivity index is 1.89. The summed E-state index contributed by atoms with van der Waals surface area (Å²) in [7, 11) is 0. The highest BCUT2D eigenvalue weighted by Gasteiger charge is 2.34. The lowest BCUT2D eigenvalue weighted by Crippen LogP contribution is -2.36. The van der Waals surface area contributed by atoms with E-state index in [0.29, 0.717) is 23.7 Å². The lowest BCUT2D eigenvalue weighted by Gasteiger charge is -2.36. The first-order chi connectivity index (χ1) is 11.3. The molecule has 24 heavy (non-hydrogen) atoms. The summed E-state index contributed by atoms with van der Waals surface area (Å²) in [6.45, 7) is 16.6. The van der Waals surface area contributed by atoms with Crippen molar-refractivity contribution < 1.29 is 14.3 Å². The Bertz CT molecular complexity index is 439. The molecule has 2 aliphatic rings. The number of ether oxygens (including phenoxy) is 2. The van der Waals surface area contributed by atoms with Crippen LogP contribution >= 0.6 is 0 Å². The van der Waals surface area contributed by atoms with E-state index in [-0.39, 0.29) is 12.2 Å². The van der Waals surface area contributed by atoms with E-state index in [1.165, 1.54) is 11.1 Å². The van der Waals surface area contributed by atoms with Gasteiger partial charge in [-0.25, -0.2) is 4.79 Å². The van der Waals surface area contributed by atoms with Crippen LogP contribution in [0.15, 0.2) is 24.3 Å². The van der Waals surface area contributed by atoms with Crippen LogP contribution < -0.4 is 0 Å². The third-order valence-electron chi connectivity index (χ3n) is 6.13. The normalized spacial score (nSPS) is 36.7. The molecule has 4 unspecified atom stereocenters. The summed E-state index contributed by atoms with van der Waals surface area (Å²) < 4.78 is 11.4. The molecule has 2 fully saturated rings. The molecule has 0 aromatic heterocycles. The topological polar surface area (TPSA) is 35.5 Å². The van der Waals surface area contributed by atoms with Crippen LogP contribution in [0.1, 0.15) is 66.2 Å². The van der Waals surface area contributed by atoms with E-state index in [1.54, 1.807) is 0 Å². The Morgan fingerprint density at radius 1 is 0.792 bits per heavy atom. The fourth-order valence-corrected chi connectivity index (χ4v) is 4.06. The summed E-state index contributed by atoms with van der Waals surface area (Å²) in [6, 6.07) is 0. The number of rotatable bonds is 4. The van der Waals surface area contributed by atoms with Crippen molar-refractivity contribution in [2.45, 2.75) is 78.4 Å². The third kappa shape index (κ3) is 4.87. The molecule has 0 radical (unpaired) electrons. The van der Waals surface area contributed by atoms with Gasteiger partial charge in [0.15, 0.2) is 0 Å². The maximum Gasteiger partial charge on any atom is 0.508 e. The molecule has 0 saturated heterocycles. The van der Waals surface area contributed by atoms with Gasteiger partial charge >= 0.3 is 6.16 Å². The van der Waals surface area contributed by atoms with Crippen LogP contribution in [-0.2, 0) is 9.47 Å². The molecule has 0 aromatic rings. The molecule has 2 saturated carbocycles. The fraction of sp³-hybridized carbons (Fsp3) is 0.762. The lowest BCUT2D eigenvalue weighted by atomic mass is 9.78. The van der Waals surface area contributed by atoms with Crippen LogP contribution in [0.3, 0.4) is 0 Å². The van der Waals surface area contributed by atoms with E-state index >= 15 is 0 Å². The van der Waals surface area contributed by atoms with E-state index in [9.17, 15) is 4.79 Å². The first-order valence-electron chi connectivity index (χ1n) is 9.46. The summed E-state index contributed by atoms with van der Waals surface area (Å²) in [5.74, 6) is 1.70. The zero-order valence-electron chi connectivity index (χ0n) is 15.8. The van der Waals surface area contributed by atoms with Crippen LogP contribution in [-0.4, -0.2) is 18.4 Å². The van der Waals surface area contributed by atoms with E-state index in [1.807, 2.05) is 0 Å². The van der Waals surface area contributed by atoms with Gasteiger partial charge in [-0.05, 0) is 76.0 Å². The molecule has 2 aliphatic carbocycles. The van der Waals surface area contributed by atoms with Gasteiger partial charge in [0.1, 0.15) is 12.2 Å². The minimum atomic E-state index is -0.492. The molecule has 3 heteroatoms. The van der Waals surface area contributed by atoms with Gasteiger partial charge in [0.05, 0.1) is 0 Å². The van der Waals surface area contributed by atoms with Gasteiger partial charge in [0.25, 0.3) is 0 Å². The number of carbonyl (C=O) groups is 1. The van der Waals surface area contributed by atoms with E-state index in [4.69, 9.17) is 9.47 Å². The third-order valence-corrected chi connectivity index (χ3v) is 6.13. The van der Waals surface area contributed by atoms with Gasteiger partial charge in [-0.3, -0.25) is 0 Å². The van der Waals surface area contributed by atoms with E-state index in [2.05, 4.69) is 40.9 Å². The highest BCUT2D eigenvalue weighted by molar-refractivity contribution is 5.60. The quantitative estimate of drug-likeness (QED) is 0.474. The predicted octanol–water partition coefficient (Wildman–Crippen LogP) is 5.90. The molecule has 0 aromatic carbocycles. The zero-order valence-corrected chi connectivity index (χ0v) is 15.8. The minimum Gasteiger partial charge on any atom is -0.431 e. The van der Waals surface area contributed by atoms with Gasteiger partial charge < -0.3 is 9.47 Å². The Morgan fingerprint density at radius 3 is 1.50 bits per heavy atom. The smallest absolute Gasteiger partial charge is 0.431 e. The molecule has 0 aliphatic heterocycles. The van der Waals surface area contributed by atoms with Gasteiger partial charge in [-0.2, -0.15) is 0 Å². The second-order valence-corrected chi connectivity index (χ2v) is 8.23. The highest BCUT2D eigenvalue weighted by atomic mass is 16.7. The number of hydrogen-bond donors (Lipinski definition) is 0. The predicted molar refractivity (Wildman–Crippen MR) is 97.8 cm³/mol. The summed E-state index contributed by atoms with van der Waals surface area (Å²) >= 11 is 0. The molecule has 136 valence electrons. The second-order valence-electron chi connectivity index (χ2n) is 8.23. The summed E-state index contributed by atoms with van der Waals surface area (Å²) in [6.07, 6.45) is 5.60. The van der Waals surface area contributed by atoms with Crippen molar-refractivity contribution in [2.24, 2.45) is 23.7 Å². The maximum atomic E-state index is 12.3. The number of allylic oxidation sites excluding steroid dienone is 2. The largest absolute Gasteiger partial charge is 0.508 e. The van der Waals surface area contributed by atoms with Crippen LogP contribution in [0.5, 0.6) is 0 Å². The summed E-state index contributed by atoms with van der Waals surface area (Å²) in [5, 5.41) is 0. The first kappa shape index (κ1) is 19.1. The van der Waals surface area contributed by atoms with Crippen LogP contribution in [0, 0.1) is 23.7 Å². The van der Waals surface area contributed by atoms with E-state index in [0.717, 1.165) is 38.5 Å². The molecular weight excluding hydrogens is 300 g/mol. The maximum absolute atomic E-state index is 12.3. The van der Waals surface area contributed by atoms with Crippen LogP contribution in [0.4, 0.5) is 4.79 Å². The Morgan fingerprint density at radius 2 is 1.17 bits per heavy atom. The first-order valence-corrected chi connectivity index (χ1v) is 9.46. The molecule has 6 atom stereocenters. The minimum absolute atomic E-state index is 0.0521. The van der Waals surface area contributed by atoms with E-state index < -0.39 is 6.16 Å².